The van der Waals surface area contributed by atoms with Gasteiger partial charge in [0.1, 0.15) is 17.7 Å². The van der Waals surface area contributed by atoms with Gasteiger partial charge in [-0.25, -0.2) is 4.79 Å². The van der Waals surface area contributed by atoms with Gasteiger partial charge in [0.2, 0.25) is 11.8 Å². The zero-order valence-electron chi connectivity index (χ0n) is 23.2. The second kappa shape index (κ2) is 14.4. The molecule has 202 valence electrons. The average molecular weight is 510 g/mol. The summed E-state index contributed by atoms with van der Waals surface area (Å²) in [6, 6.07) is 15.6. The highest BCUT2D eigenvalue weighted by molar-refractivity contribution is 5.92. The van der Waals surface area contributed by atoms with Crippen molar-refractivity contribution in [3.8, 4) is 0 Å². The largest absolute Gasteiger partial charge is 0.444 e. The van der Waals surface area contributed by atoms with Crippen molar-refractivity contribution in [2.75, 3.05) is 6.54 Å². The Balaban J connectivity index is 2.36. The van der Waals surface area contributed by atoms with Crippen LogP contribution >= 0.6 is 0 Å². The molecule has 2 aromatic rings. The molecule has 7 nitrogen and oxygen atoms in total. The van der Waals surface area contributed by atoms with Crippen molar-refractivity contribution in [3.05, 3.63) is 71.3 Å². The maximum atomic E-state index is 13.8. The number of benzene rings is 2. The minimum Gasteiger partial charge on any atom is -0.444 e. The lowest BCUT2D eigenvalue weighted by atomic mass is 9.97. The molecule has 0 fully saturated rings. The molecular weight excluding hydrogens is 466 g/mol. The number of ether oxygens (including phenoxy) is 1. The molecule has 0 aliphatic rings. The Morgan fingerprint density at radius 2 is 1.59 bits per heavy atom. The van der Waals surface area contributed by atoms with Gasteiger partial charge in [0.25, 0.3) is 0 Å². The summed E-state index contributed by atoms with van der Waals surface area (Å²) >= 11 is 0. The third-order valence-corrected chi connectivity index (χ3v) is 5.99. The van der Waals surface area contributed by atoms with E-state index in [1.54, 1.807) is 32.6 Å². The number of carbonyl (C=O) groups is 3. The van der Waals surface area contributed by atoms with Crippen molar-refractivity contribution >= 4 is 17.9 Å². The normalized spacial score (nSPS) is 12.8. The number of amides is 3. The first-order valence-corrected chi connectivity index (χ1v) is 13.2. The second-order valence-electron chi connectivity index (χ2n) is 10.4. The number of hydrogen-bond acceptors (Lipinski definition) is 4. The molecule has 2 rings (SSSR count). The Labute approximate surface area is 222 Å². The summed E-state index contributed by atoms with van der Waals surface area (Å²) in [4.78, 5) is 41.5. The van der Waals surface area contributed by atoms with E-state index in [-0.39, 0.29) is 11.8 Å². The van der Waals surface area contributed by atoms with Crippen LogP contribution in [0.4, 0.5) is 4.79 Å². The Morgan fingerprint density at radius 1 is 0.946 bits per heavy atom. The molecule has 0 saturated carbocycles. The van der Waals surface area contributed by atoms with Gasteiger partial charge < -0.3 is 20.3 Å². The zero-order chi connectivity index (χ0) is 27.4. The van der Waals surface area contributed by atoms with Crippen molar-refractivity contribution in [1.82, 2.24) is 15.5 Å². The lowest BCUT2D eigenvalue weighted by Crippen LogP contribution is -2.52. The third-order valence-electron chi connectivity index (χ3n) is 5.99. The van der Waals surface area contributed by atoms with Crippen LogP contribution in [0.15, 0.2) is 54.6 Å². The average Bonchev–Trinajstić information content (AvgIpc) is 2.84. The van der Waals surface area contributed by atoms with E-state index >= 15 is 0 Å². The molecule has 0 aromatic heterocycles. The lowest BCUT2D eigenvalue weighted by molar-refractivity contribution is -0.142. The molecule has 0 aliphatic carbocycles. The van der Waals surface area contributed by atoms with Gasteiger partial charge in [0.05, 0.1) is 0 Å². The van der Waals surface area contributed by atoms with Crippen molar-refractivity contribution in [1.29, 1.82) is 0 Å². The molecule has 0 bridgehead atoms. The molecule has 2 atom stereocenters. The number of nitrogens with zero attached hydrogens (tertiary/aromatic N) is 1. The van der Waals surface area contributed by atoms with E-state index in [1.165, 1.54) is 0 Å². The van der Waals surface area contributed by atoms with Gasteiger partial charge in [0, 0.05) is 13.1 Å². The SMILES string of the molecule is CCCCCCN(C(=O)C(C)NC(=O)OC(C)(C)C)C(C(=O)NCc1ccccc1)c1ccccc1C. The third kappa shape index (κ3) is 9.90. The molecular formula is C30H43N3O4. The van der Waals surface area contributed by atoms with Crippen LogP contribution in [-0.2, 0) is 20.9 Å². The Morgan fingerprint density at radius 3 is 2.22 bits per heavy atom. The quantitative estimate of drug-likeness (QED) is 0.361. The molecule has 0 spiro atoms. The molecule has 3 amide bonds. The zero-order valence-corrected chi connectivity index (χ0v) is 23.2. The molecule has 2 N–H and O–H groups in total. The maximum absolute atomic E-state index is 13.8. The summed E-state index contributed by atoms with van der Waals surface area (Å²) in [6.45, 7) is 11.8. The molecule has 0 radical (unpaired) electrons. The first kappa shape index (κ1) is 29.9. The number of unbranched alkanes of at least 4 members (excludes halogenated alkanes) is 3. The smallest absolute Gasteiger partial charge is 0.408 e. The summed E-state index contributed by atoms with van der Waals surface area (Å²) < 4.78 is 5.35. The van der Waals surface area contributed by atoms with Crippen LogP contribution < -0.4 is 10.6 Å². The molecule has 0 aliphatic heterocycles. The molecule has 0 heterocycles. The summed E-state index contributed by atoms with van der Waals surface area (Å²) in [5.41, 5.74) is 1.97. The molecule has 37 heavy (non-hydrogen) atoms. The monoisotopic (exact) mass is 509 g/mol. The highest BCUT2D eigenvalue weighted by Gasteiger charge is 2.35. The fraction of sp³-hybridized carbons (Fsp3) is 0.500. The summed E-state index contributed by atoms with van der Waals surface area (Å²) in [7, 11) is 0. The van der Waals surface area contributed by atoms with E-state index < -0.39 is 23.8 Å². The predicted molar refractivity (Wildman–Crippen MR) is 147 cm³/mol. The minimum atomic E-state index is -0.866. The van der Waals surface area contributed by atoms with Crippen LogP contribution in [-0.4, -0.2) is 41.0 Å². The maximum Gasteiger partial charge on any atom is 0.408 e. The van der Waals surface area contributed by atoms with Crippen molar-refractivity contribution in [2.45, 2.75) is 91.5 Å². The van der Waals surface area contributed by atoms with Crippen LogP contribution in [0.2, 0.25) is 0 Å². The van der Waals surface area contributed by atoms with E-state index in [0.717, 1.165) is 42.4 Å². The van der Waals surface area contributed by atoms with Crippen LogP contribution in [0.5, 0.6) is 0 Å². The van der Waals surface area contributed by atoms with Gasteiger partial charge in [-0.1, -0.05) is 80.8 Å². The molecule has 7 heteroatoms. The fourth-order valence-electron chi connectivity index (χ4n) is 4.10. The number of alkyl carbamates (subject to hydrolysis) is 1. The van der Waals surface area contributed by atoms with Crippen molar-refractivity contribution in [2.24, 2.45) is 0 Å². The van der Waals surface area contributed by atoms with Gasteiger partial charge in [-0.2, -0.15) is 0 Å². The van der Waals surface area contributed by atoms with Crippen LogP contribution in [0.1, 0.15) is 83.0 Å². The molecule has 2 unspecified atom stereocenters. The van der Waals surface area contributed by atoms with Gasteiger partial charge in [-0.3, -0.25) is 9.59 Å². The van der Waals surface area contributed by atoms with Crippen LogP contribution in [0.3, 0.4) is 0 Å². The number of nitrogens with one attached hydrogen (secondary N) is 2. The summed E-state index contributed by atoms with van der Waals surface area (Å²) in [5.74, 6) is -0.586. The van der Waals surface area contributed by atoms with Crippen LogP contribution in [0, 0.1) is 6.92 Å². The van der Waals surface area contributed by atoms with Gasteiger partial charge >= 0.3 is 6.09 Å². The Hall–Kier alpha value is -3.35. The van der Waals surface area contributed by atoms with E-state index in [4.69, 9.17) is 4.74 Å². The van der Waals surface area contributed by atoms with Crippen molar-refractivity contribution < 1.29 is 19.1 Å². The summed E-state index contributed by atoms with van der Waals surface area (Å²) in [5, 5.41) is 5.68. The topological polar surface area (TPSA) is 87.7 Å². The number of carbonyl (C=O) groups excluding carboxylic acids is 3. The summed E-state index contributed by atoms with van der Waals surface area (Å²) in [6.07, 6.45) is 3.14. The second-order valence-corrected chi connectivity index (χ2v) is 10.4. The van der Waals surface area contributed by atoms with Crippen LogP contribution in [0.25, 0.3) is 0 Å². The van der Waals surface area contributed by atoms with Gasteiger partial charge in [0.15, 0.2) is 0 Å². The molecule has 0 saturated heterocycles. The number of rotatable bonds is 12. The Kier molecular flexibility index (Phi) is 11.6. The van der Waals surface area contributed by atoms with E-state index in [0.29, 0.717) is 13.1 Å². The number of aryl methyl sites for hydroxylation is 1. The first-order chi connectivity index (χ1) is 17.5. The van der Waals surface area contributed by atoms with E-state index in [2.05, 4.69) is 17.6 Å². The van der Waals surface area contributed by atoms with Gasteiger partial charge in [-0.15, -0.1) is 0 Å². The Bertz CT molecular complexity index is 1020. The highest BCUT2D eigenvalue weighted by Crippen LogP contribution is 2.26. The predicted octanol–water partition coefficient (Wildman–Crippen LogP) is 5.67. The number of hydrogen-bond donors (Lipinski definition) is 2. The minimum absolute atomic E-state index is 0.258. The van der Waals surface area contributed by atoms with Gasteiger partial charge in [-0.05, 0) is 57.7 Å². The highest BCUT2D eigenvalue weighted by atomic mass is 16.6. The van der Waals surface area contributed by atoms with E-state index in [1.807, 2.05) is 61.5 Å². The first-order valence-electron chi connectivity index (χ1n) is 13.2. The lowest BCUT2D eigenvalue weighted by Gasteiger charge is -2.34. The fourth-order valence-corrected chi connectivity index (χ4v) is 4.10. The van der Waals surface area contributed by atoms with E-state index in [9.17, 15) is 14.4 Å². The van der Waals surface area contributed by atoms with Crippen molar-refractivity contribution in [3.63, 3.8) is 0 Å². The standard InChI is InChI=1S/C30H43N3O4/c1-7-8-9-15-20-33(28(35)23(3)32-29(36)37-30(4,5)6)26(25-19-14-13-16-22(25)2)27(34)31-21-24-17-11-10-12-18-24/h10-14,16-19,23,26H,7-9,15,20-21H2,1-6H3,(H,31,34)(H,32,36). The molecule has 2 aromatic carbocycles.